The number of imidazole rings is 1. The average Bonchev–Trinajstić information content (AvgIpc) is 3.50. The third kappa shape index (κ3) is 4.96. The minimum atomic E-state index is 0.123. The number of piperidine rings is 2. The van der Waals surface area contributed by atoms with Gasteiger partial charge in [-0.25, -0.2) is 4.98 Å². The molecular formula is C37H44N4O. The van der Waals surface area contributed by atoms with E-state index in [0.717, 1.165) is 62.2 Å². The summed E-state index contributed by atoms with van der Waals surface area (Å²) in [6, 6.07) is 29.8. The molecule has 3 aliphatic rings. The first-order valence-corrected chi connectivity index (χ1v) is 16.2. The molecule has 0 spiro atoms. The fourth-order valence-electron chi connectivity index (χ4n) is 8.47. The maximum absolute atomic E-state index is 13.4. The molecule has 4 heterocycles. The summed E-state index contributed by atoms with van der Waals surface area (Å²) in [6.45, 7) is 7.12. The van der Waals surface area contributed by atoms with E-state index in [4.69, 9.17) is 4.98 Å². The van der Waals surface area contributed by atoms with Crippen LogP contribution in [0.1, 0.15) is 85.2 Å². The SMILES string of the molecule is CCc1ccc(C(=O)N2CCC(CCN3[C@@H]4CC[C@H]3C[C@@H](n3c(C)nc5ccccc53)C4)(c3ccccc3)CC2)cc1. The molecule has 3 aliphatic heterocycles. The van der Waals surface area contributed by atoms with Gasteiger partial charge in [-0.15, -0.1) is 0 Å². The maximum Gasteiger partial charge on any atom is 0.253 e. The zero-order valence-corrected chi connectivity index (χ0v) is 25.2. The number of carbonyl (C=O) groups excluding carboxylic acids is 1. The molecule has 5 heteroatoms. The Balaban J connectivity index is 1.05. The number of benzene rings is 3. The van der Waals surface area contributed by atoms with Crippen LogP contribution in [0.2, 0.25) is 0 Å². The number of nitrogens with zero attached hydrogens (tertiary/aromatic N) is 4. The number of hydrogen-bond donors (Lipinski definition) is 0. The highest BCUT2D eigenvalue weighted by Crippen LogP contribution is 2.45. The Kier molecular flexibility index (Phi) is 7.39. The normalized spacial score (nSPS) is 23.9. The van der Waals surface area contributed by atoms with Crippen LogP contribution in [0, 0.1) is 6.92 Å². The smallest absolute Gasteiger partial charge is 0.253 e. The van der Waals surface area contributed by atoms with E-state index in [1.165, 1.54) is 42.3 Å². The molecule has 3 aromatic carbocycles. The predicted octanol–water partition coefficient (Wildman–Crippen LogP) is 7.34. The number of rotatable bonds is 7. The molecule has 0 N–H and O–H groups in total. The van der Waals surface area contributed by atoms with E-state index in [-0.39, 0.29) is 11.3 Å². The molecule has 3 saturated heterocycles. The van der Waals surface area contributed by atoms with Crippen LogP contribution in [0.4, 0.5) is 0 Å². The van der Waals surface area contributed by atoms with Crippen LogP contribution >= 0.6 is 0 Å². The number of para-hydroxylation sites is 2. The van der Waals surface area contributed by atoms with Gasteiger partial charge in [0.05, 0.1) is 11.0 Å². The fourth-order valence-corrected chi connectivity index (χ4v) is 8.47. The molecule has 0 saturated carbocycles. The molecular weight excluding hydrogens is 516 g/mol. The van der Waals surface area contributed by atoms with E-state index in [2.05, 4.69) is 94.9 Å². The van der Waals surface area contributed by atoms with Crippen LogP contribution in [0.25, 0.3) is 11.0 Å². The van der Waals surface area contributed by atoms with Crippen molar-refractivity contribution in [3.63, 3.8) is 0 Å². The first kappa shape index (κ1) is 27.4. The van der Waals surface area contributed by atoms with Crippen LogP contribution in [0.15, 0.2) is 78.9 Å². The Morgan fingerprint density at radius 3 is 2.21 bits per heavy atom. The molecule has 1 aromatic heterocycles. The lowest BCUT2D eigenvalue weighted by molar-refractivity contribution is 0.0607. The highest BCUT2D eigenvalue weighted by atomic mass is 16.2. The van der Waals surface area contributed by atoms with Gasteiger partial charge in [0.15, 0.2) is 0 Å². The quantitative estimate of drug-likeness (QED) is 0.237. The van der Waals surface area contributed by atoms with E-state index in [1.54, 1.807) is 0 Å². The van der Waals surface area contributed by atoms with Crippen molar-refractivity contribution in [3.05, 3.63) is 101 Å². The van der Waals surface area contributed by atoms with Gasteiger partial charge < -0.3 is 9.47 Å². The highest BCUT2D eigenvalue weighted by Gasteiger charge is 2.44. The Bertz CT molecular complexity index is 1520. The lowest BCUT2D eigenvalue weighted by atomic mass is 9.70. The summed E-state index contributed by atoms with van der Waals surface area (Å²) >= 11 is 0. The standard InChI is InChI=1S/C37H44N4O/c1-3-28-13-15-29(16-14-28)36(42)39-22-19-37(20-23-39,30-9-5-4-6-10-30)21-24-40-31-17-18-32(40)26-33(25-31)41-27(2)38-34-11-7-8-12-35(34)41/h4-16,31-33H,3,17-26H2,1-2H3/t31-,32+,33+. The molecule has 3 fully saturated rings. The van der Waals surface area contributed by atoms with Crippen molar-refractivity contribution < 1.29 is 4.79 Å². The summed E-state index contributed by atoms with van der Waals surface area (Å²) in [5.41, 5.74) is 6.08. The van der Waals surface area contributed by atoms with Gasteiger partial charge in [0.2, 0.25) is 0 Å². The van der Waals surface area contributed by atoms with Crippen LogP contribution < -0.4 is 0 Å². The van der Waals surface area contributed by atoms with Crippen molar-refractivity contribution in [1.29, 1.82) is 0 Å². The van der Waals surface area contributed by atoms with E-state index in [1.807, 2.05) is 12.1 Å². The van der Waals surface area contributed by atoms with Gasteiger partial charge in [-0.3, -0.25) is 9.69 Å². The minimum absolute atomic E-state index is 0.123. The van der Waals surface area contributed by atoms with Crippen molar-refractivity contribution in [1.82, 2.24) is 19.4 Å². The number of likely N-dealkylation sites (tertiary alicyclic amines) is 1. The first-order chi connectivity index (χ1) is 20.5. The number of hydrogen-bond acceptors (Lipinski definition) is 3. The number of amides is 1. The number of aromatic nitrogens is 2. The molecule has 3 atom stereocenters. The van der Waals surface area contributed by atoms with Crippen LogP contribution in [-0.2, 0) is 11.8 Å². The molecule has 2 bridgehead atoms. The number of carbonyl (C=O) groups is 1. The first-order valence-electron chi connectivity index (χ1n) is 16.2. The summed E-state index contributed by atoms with van der Waals surface area (Å²) in [4.78, 5) is 23.2. The zero-order valence-electron chi connectivity index (χ0n) is 25.2. The van der Waals surface area contributed by atoms with E-state index in [9.17, 15) is 4.79 Å². The molecule has 0 unspecified atom stereocenters. The third-order valence-corrected chi connectivity index (χ3v) is 10.8. The predicted molar refractivity (Wildman–Crippen MR) is 170 cm³/mol. The molecule has 218 valence electrons. The third-order valence-electron chi connectivity index (χ3n) is 10.8. The molecule has 0 aliphatic carbocycles. The lowest BCUT2D eigenvalue weighted by Gasteiger charge is -2.45. The van der Waals surface area contributed by atoms with Gasteiger partial charge in [0.25, 0.3) is 5.91 Å². The molecule has 5 nitrogen and oxygen atoms in total. The fraction of sp³-hybridized carbons (Fsp3) is 0.459. The largest absolute Gasteiger partial charge is 0.339 e. The highest BCUT2D eigenvalue weighted by molar-refractivity contribution is 5.94. The van der Waals surface area contributed by atoms with Crippen LogP contribution in [0.5, 0.6) is 0 Å². The molecule has 4 aromatic rings. The van der Waals surface area contributed by atoms with Gasteiger partial charge in [0, 0.05) is 36.8 Å². The second-order valence-electron chi connectivity index (χ2n) is 13.0. The summed E-state index contributed by atoms with van der Waals surface area (Å²) in [5.74, 6) is 1.33. The average molecular weight is 561 g/mol. The van der Waals surface area contributed by atoms with Gasteiger partial charge >= 0.3 is 0 Å². The van der Waals surface area contributed by atoms with Crippen molar-refractivity contribution in [2.24, 2.45) is 0 Å². The second kappa shape index (κ2) is 11.3. The van der Waals surface area contributed by atoms with E-state index in [0.29, 0.717) is 18.1 Å². The van der Waals surface area contributed by atoms with Crippen molar-refractivity contribution >= 4 is 16.9 Å². The van der Waals surface area contributed by atoms with Crippen LogP contribution in [-0.4, -0.2) is 57.0 Å². The van der Waals surface area contributed by atoms with Gasteiger partial charge in [-0.05, 0) is 106 Å². The second-order valence-corrected chi connectivity index (χ2v) is 13.0. The van der Waals surface area contributed by atoms with Crippen molar-refractivity contribution in [2.75, 3.05) is 19.6 Å². The summed E-state index contributed by atoms with van der Waals surface area (Å²) in [5, 5.41) is 0. The molecule has 0 radical (unpaired) electrons. The number of fused-ring (bicyclic) bond motifs is 3. The Morgan fingerprint density at radius 1 is 0.857 bits per heavy atom. The zero-order chi connectivity index (χ0) is 28.7. The van der Waals surface area contributed by atoms with Gasteiger partial charge in [-0.1, -0.05) is 61.5 Å². The van der Waals surface area contributed by atoms with Crippen molar-refractivity contribution in [2.45, 2.75) is 88.8 Å². The molecule has 42 heavy (non-hydrogen) atoms. The van der Waals surface area contributed by atoms with E-state index < -0.39 is 0 Å². The minimum Gasteiger partial charge on any atom is -0.339 e. The van der Waals surface area contributed by atoms with E-state index >= 15 is 0 Å². The maximum atomic E-state index is 13.4. The molecule has 1 amide bonds. The number of aryl methyl sites for hydroxylation is 2. The lowest BCUT2D eigenvalue weighted by Crippen LogP contribution is -2.49. The van der Waals surface area contributed by atoms with Crippen molar-refractivity contribution in [3.8, 4) is 0 Å². The summed E-state index contributed by atoms with van der Waals surface area (Å²) < 4.78 is 2.53. The monoisotopic (exact) mass is 560 g/mol. The molecule has 7 rings (SSSR count). The van der Waals surface area contributed by atoms with Gasteiger partial charge in [0.1, 0.15) is 5.82 Å². The Labute approximate surface area is 250 Å². The van der Waals surface area contributed by atoms with Gasteiger partial charge in [-0.2, -0.15) is 0 Å². The Hall–Kier alpha value is -3.44. The summed E-state index contributed by atoms with van der Waals surface area (Å²) in [7, 11) is 0. The topological polar surface area (TPSA) is 41.4 Å². The Morgan fingerprint density at radius 2 is 1.52 bits per heavy atom. The van der Waals surface area contributed by atoms with Crippen LogP contribution in [0.3, 0.4) is 0 Å². The summed E-state index contributed by atoms with van der Waals surface area (Å²) in [6.07, 6.45) is 9.27.